The Bertz CT molecular complexity index is 545. The Hall–Kier alpha value is -1.37. The van der Waals surface area contributed by atoms with Gasteiger partial charge in [0, 0.05) is 19.6 Å². The maximum Gasteiger partial charge on any atom is 0.240 e. The van der Waals surface area contributed by atoms with Crippen LogP contribution in [0.5, 0.6) is 0 Å². The lowest BCUT2D eigenvalue weighted by molar-refractivity contribution is -0.127. The molecule has 1 amide bonds. The molecule has 1 aromatic heterocycles. The van der Waals surface area contributed by atoms with Gasteiger partial charge in [-0.2, -0.15) is 0 Å². The van der Waals surface area contributed by atoms with E-state index in [1.54, 1.807) is 0 Å². The third kappa shape index (κ3) is 3.99. The zero-order valence-electron chi connectivity index (χ0n) is 14.6. The Morgan fingerprint density at radius 1 is 1.29 bits per heavy atom. The van der Waals surface area contributed by atoms with Crippen LogP contribution in [0.25, 0.3) is 0 Å². The molecule has 1 aromatic rings. The number of furan rings is 1. The molecule has 0 bridgehead atoms. The van der Waals surface area contributed by atoms with E-state index >= 15 is 0 Å². The summed E-state index contributed by atoms with van der Waals surface area (Å²) in [6.07, 6.45) is 4.80. The maximum absolute atomic E-state index is 12.6. The molecule has 2 aliphatic rings. The molecule has 0 radical (unpaired) electrons. The Morgan fingerprint density at radius 2 is 2.00 bits per heavy atom. The van der Waals surface area contributed by atoms with Crippen LogP contribution in [0.4, 0.5) is 0 Å². The second-order valence-electron chi connectivity index (χ2n) is 7.04. The molecule has 0 aromatic carbocycles. The van der Waals surface area contributed by atoms with Crippen LogP contribution in [0.2, 0.25) is 0 Å². The van der Waals surface area contributed by atoms with Crippen molar-refractivity contribution in [3.05, 3.63) is 23.7 Å². The molecule has 3 rings (SSSR count). The van der Waals surface area contributed by atoms with Crippen LogP contribution < -0.4 is 11.1 Å². The molecule has 1 saturated heterocycles. The van der Waals surface area contributed by atoms with Crippen molar-refractivity contribution in [2.45, 2.75) is 50.6 Å². The minimum absolute atomic E-state index is 0.0243. The molecule has 2 heterocycles. The van der Waals surface area contributed by atoms with E-state index < -0.39 is 5.54 Å². The van der Waals surface area contributed by atoms with Gasteiger partial charge >= 0.3 is 0 Å². The summed E-state index contributed by atoms with van der Waals surface area (Å²) in [5.41, 5.74) is 5.64. The van der Waals surface area contributed by atoms with Crippen molar-refractivity contribution < 1.29 is 13.9 Å². The molecular weight excluding hydrogens is 306 g/mol. The first-order valence-electron chi connectivity index (χ1n) is 9.04. The van der Waals surface area contributed by atoms with Crippen molar-refractivity contribution in [1.29, 1.82) is 0 Å². The molecule has 2 fully saturated rings. The van der Waals surface area contributed by atoms with Gasteiger partial charge in [-0.25, -0.2) is 0 Å². The number of rotatable bonds is 5. The highest BCUT2D eigenvalue weighted by atomic mass is 16.5. The van der Waals surface area contributed by atoms with E-state index in [2.05, 4.69) is 10.2 Å². The molecule has 6 nitrogen and oxygen atoms in total. The molecule has 1 aliphatic carbocycles. The number of carbonyl (C=O) groups excluding carboxylic acids is 1. The third-order valence-electron chi connectivity index (χ3n) is 5.23. The van der Waals surface area contributed by atoms with Crippen LogP contribution in [0, 0.1) is 6.92 Å². The van der Waals surface area contributed by atoms with E-state index in [4.69, 9.17) is 14.9 Å². The Balaban J connectivity index is 1.66. The number of aryl methyl sites for hydroxylation is 1. The second kappa shape index (κ2) is 7.68. The number of carbonyl (C=O) groups is 1. The van der Waals surface area contributed by atoms with Crippen molar-refractivity contribution in [1.82, 2.24) is 10.2 Å². The fourth-order valence-electron chi connectivity index (χ4n) is 3.71. The van der Waals surface area contributed by atoms with E-state index in [1.807, 2.05) is 19.1 Å². The molecular formula is C18H29N3O3. The second-order valence-corrected chi connectivity index (χ2v) is 7.04. The van der Waals surface area contributed by atoms with Gasteiger partial charge in [0.2, 0.25) is 5.91 Å². The fraction of sp³-hybridized carbons (Fsp3) is 0.722. The third-order valence-corrected chi connectivity index (χ3v) is 5.23. The number of nitrogens with one attached hydrogen (secondary N) is 1. The van der Waals surface area contributed by atoms with Gasteiger partial charge < -0.3 is 20.2 Å². The normalized spacial score (nSPS) is 22.9. The average Bonchev–Trinajstić information content (AvgIpc) is 3.03. The van der Waals surface area contributed by atoms with Gasteiger partial charge in [-0.3, -0.25) is 9.69 Å². The SMILES string of the molecule is Cc1ccc(C(CNC(=O)C2(N)CCCCC2)N2CCOCC2)o1. The van der Waals surface area contributed by atoms with Crippen LogP contribution in [-0.4, -0.2) is 49.2 Å². The predicted molar refractivity (Wildman–Crippen MR) is 91.6 cm³/mol. The molecule has 1 unspecified atom stereocenters. The summed E-state index contributed by atoms with van der Waals surface area (Å²) in [5, 5.41) is 3.09. The number of amides is 1. The lowest BCUT2D eigenvalue weighted by atomic mass is 9.82. The highest BCUT2D eigenvalue weighted by molar-refractivity contribution is 5.86. The highest BCUT2D eigenvalue weighted by Gasteiger charge is 2.36. The molecule has 0 spiro atoms. The van der Waals surface area contributed by atoms with Gasteiger partial charge in [0.05, 0.1) is 24.8 Å². The van der Waals surface area contributed by atoms with Crippen molar-refractivity contribution in [3.8, 4) is 0 Å². The van der Waals surface area contributed by atoms with Crippen LogP contribution in [0.15, 0.2) is 16.5 Å². The summed E-state index contributed by atoms with van der Waals surface area (Å²) in [7, 11) is 0. The summed E-state index contributed by atoms with van der Waals surface area (Å²) >= 11 is 0. The van der Waals surface area contributed by atoms with Gasteiger partial charge in [-0.1, -0.05) is 19.3 Å². The van der Waals surface area contributed by atoms with Gasteiger partial charge in [-0.05, 0) is 31.9 Å². The van der Waals surface area contributed by atoms with Crippen molar-refractivity contribution in [3.63, 3.8) is 0 Å². The van der Waals surface area contributed by atoms with Crippen LogP contribution >= 0.6 is 0 Å². The number of hydrogen-bond acceptors (Lipinski definition) is 5. The lowest BCUT2D eigenvalue weighted by Crippen LogP contribution is -2.56. The minimum atomic E-state index is -0.701. The van der Waals surface area contributed by atoms with E-state index in [0.717, 1.165) is 50.3 Å². The summed E-state index contributed by atoms with van der Waals surface area (Å²) in [6, 6.07) is 4.00. The number of hydrogen-bond donors (Lipinski definition) is 2. The van der Waals surface area contributed by atoms with Crippen molar-refractivity contribution in [2.24, 2.45) is 5.73 Å². The zero-order valence-corrected chi connectivity index (χ0v) is 14.6. The standard InChI is InChI=1S/C18H29N3O3/c1-14-5-6-16(24-14)15(21-9-11-23-12-10-21)13-20-17(22)18(19)7-3-2-4-8-18/h5-6,15H,2-4,7-13,19H2,1H3,(H,20,22). The Labute approximate surface area is 143 Å². The molecule has 3 N–H and O–H groups in total. The summed E-state index contributed by atoms with van der Waals surface area (Å²) in [4.78, 5) is 14.9. The summed E-state index contributed by atoms with van der Waals surface area (Å²) in [6.45, 7) is 5.57. The first kappa shape index (κ1) is 17.5. The molecule has 1 saturated carbocycles. The Morgan fingerprint density at radius 3 is 2.62 bits per heavy atom. The van der Waals surface area contributed by atoms with Crippen LogP contribution in [0.3, 0.4) is 0 Å². The van der Waals surface area contributed by atoms with E-state index in [0.29, 0.717) is 19.8 Å². The van der Waals surface area contributed by atoms with E-state index in [1.165, 1.54) is 6.42 Å². The molecule has 6 heteroatoms. The number of nitrogens with zero attached hydrogens (tertiary/aromatic N) is 1. The van der Waals surface area contributed by atoms with Crippen LogP contribution in [-0.2, 0) is 9.53 Å². The molecule has 1 aliphatic heterocycles. The topological polar surface area (TPSA) is 80.7 Å². The number of nitrogens with two attached hydrogens (primary N) is 1. The van der Waals surface area contributed by atoms with Crippen molar-refractivity contribution in [2.75, 3.05) is 32.8 Å². The largest absolute Gasteiger partial charge is 0.465 e. The molecule has 24 heavy (non-hydrogen) atoms. The summed E-state index contributed by atoms with van der Waals surface area (Å²) in [5.74, 6) is 1.75. The minimum Gasteiger partial charge on any atom is -0.465 e. The highest BCUT2D eigenvalue weighted by Crippen LogP contribution is 2.27. The predicted octanol–water partition coefficient (Wildman–Crippen LogP) is 1.74. The van der Waals surface area contributed by atoms with E-state index in [-0.39, 0.29) is 11.9 Å². The number of morpholine rings is 1. The number of ether oxygens (including phenoxy) is 1. The average molecular weight is 335 g/mol. The van der Waals surface area contributed by atoms with Crippen LogP contribution in [0.1, 0.15) is 49.7 Å². The van der Waals surface area contributed by atoms with Crippen molar-refractivity contribution >= 4 is 5.91 Å². The maximum atomic E-state index is 12.6. The molecule has 134 valence electrons. The first-order chi connectivity index (χ1) is 11.6. The zero-order chi connectivity index (χ0) is 17.0. The molecule has 1 atom stereocenters. The van der Waals surface area contributed by atoms with Gasteiger partial charge in [0.1, 0.15) is 11.5 Å². The van der Waals surface area contributed by atoms with Gasteiger partial charge in [0.15, 0.2) is 0 Å². The van der Waals surface area contributed by atoms with Gasteiger partial charge in [0.25, 0.3) is 0 Å². The smallest absolute Gasteiger partial charge is 0.240 e. The lowest BCUT2D eigenvalue weighted by Gasteiger charge is -2.35. The monoisotopic (exact) mass is 335 g/mol. The Kier molecular flexibility index (Phi) is 5.58. The first-order valence-corrected chi connectivity index (χ1v) is 9.04. The van der Waals surface area contributed by atoms with Gasteiger partial charge in [-0.15, -0.1) is 0 Å². The summed E-state index contributed by atoms with van der Waals surface area (Å²) < 4.78 is 11.3. The fourth-order valence-corrected chi connectivity index (χ4v) is 3.71. The quantitative estimate of drug-likeness (QED) is 0.857. The van der Waals surface area contributed by atoms with E-state index in [9.17, 15) is 4.79 Å².